The predicted octanol–water partition coefficient (Wildman–Crippen LogP) is 3.39. The molecule has 1 spiro atoms. The summed E-state index contributed by atoms with van der Waals surface area (Å²) >= 11 is 0. The van der Waals surface area contributed by atoms with Crippen LogP contribution in [0.5, 0.6) is 11.6 Å². The van der Waals surface area contributed by atoms with Crippen LogP contribution in [0.2, 0.25) is 0 Å². The molecule has 6 nitrogen and oxygen atoms in total. The first kappa shape index (κ1) is 19.7. The van der Waals surface area contributed by atoms with Gasteiger partial charge >= 0.3 is 0 Å². The Morgan fingerprint density at radius 1 is 1.24 bits per heavy atom. The fourth-order valence-electron chi connectivity index (χ4n) is 4.09. The average Bonchev–Trinajstić information content (AvgIpc) is 2.73. The van der Waals surface area contributed by atoms with Crippen molar-refractivity contribution in [2.45, 2.75) is 44.3 Å². The molecular formula is C23H28N2O4. The van der Waals surface area contributed by atoms with Crippen LogP contribution in [0.4, 0.5) is 0 Å². The van der Waals surface area contributed by atoms with Crippen LogP contribution in [-0.2, 0) is 9.53 Å². The van der Waals surface area contributed by atoms with E-state index in [1.807, 2.05) is 54.3 Å². The van der Waals surface area contributed by atoms with Gasteiger partial charge < -0.3 is 19.1 Å². The van der Waals surface area contributed by atoms with Crippen molar-refractivity contribution >= 4 is 5.91 Å². The van der Waals surface area contributed by atoms with E-state index in [9.17, 15) is 4.79 Å². The summed E-state index contributed by atoms with van der Waals surface area (Å²) < 4.78 is 17.9. The molecule has 1 aromatic heterocycles. The van der Waals surface area contributed by atoms with Crippen molar-refractivity contribution in [3.05, 3.63) is 54.2 Å². The minimum absolute atomic E-state index is 0.0243. The van der Waals surface area contributed by atoms with Crippen LogP contribution in [0.25, 0.3) is 0 Å². The number of piperidine rings is 1. The average molecular weight is 396 g/mol. The summed E-state index contributed by atoms with van der Waals surface area (Å²) in [5, 5.41) is 0. The van der Waals surface area contributed by atoms with Gasteiger partial charge in [-0.1, -0.05) is 18.2 Å². The summed E-state index contributed by atoms with van der Waals surface area (Å²) in [6.07, 6.45) is 5.23. The van der Waals surface area contributed by atoms with Gasteiger partial charge in [-0.2, -0.15) is 0 Å². The normalized spacial score (nSPS) is 21.0. The lowest BCUT2D eigenvalue weighted by Crippen LogP contribution is -2.53. The van der Waals surface area contributed by atoms with Crippen LogP contribution in [0.3, 0.4) is 0 Å². The molecule has 1 aromatic carbocycles. The molecule has 1 amide bonds. The number of amides is 1. The number of hydrogen-bond acceptors (Lipinski definition) is 5. The molecule has 2 aliphatic heterocycles. The first-order valence-corrected chi connectivity index (χ1v) is 10.3. The second-order valence-electron chi connectivity index (χ2n) is 7.92. The molecule has 0 bridgehead atoms. The maximum absolute atomic E-state index is 12.5. The van der Waals surface area contributed by atoms with E-state index in [-0.39, 0.29) is 24.2 Å². The minimum Gasteiger partial charge on any atom is -0.484 e. The highest BCUT2D eigenvalue weighted by Crippen LogP contribution is 2.36. The molecule has 2 aliphatic rings. The Bertz CT molecular complexity index is 819. The maximum atomic E-state index is 12.5. The van der Waals surface area contributed by atoms with Crippen LogP contribution in [0.1, 0.15) is 31.2 Å². The number of ether oxygens (including phenoxy) is 3. The summed E-state index contributed by atoms with van der Waals surface area (Å²) in [7, 11) is 0. The number of aryl methyl sites for hydroxylation is 1. The molecular weight excluding hydrogens is 368 g/mol. The van der Waals surface area contributed by atoms with Crippen molar-refractivity contribution in [1.29, 1.82) is 0 Å². The van der Waals surface area contributed by atoms with E-state index in [2.05, 4.69) is 4.98 Å². The summed E-state index contributed by atoms with van der Waals surface area (Å²) in [6, 6.07) is 13.4. The monoisotopic (exact) mass is 396 g/mol. The molecule has 0 saturated carbocycles. The zero-order valence-corrected chi connectivity index (χ0v) is 16.9. The van der Waals surface area contributed by atoms with Crippen LogP contribution < -0.4 is 9.47 Å². The van der Waals surface area contributed by atoms with E-state index in [0.717, 1.165) is 37.0 Å². The summed E-state index contributed by atoms with van der Waals surface area (Å²) in [6.45, 7) is 4.16. The van der Waals surface area contributed by atoms with Crippen molar-refractivity contribution in [2.75, 3.05) is 26.3 Å². The predicted molar refractivity (Wildman–Crippen MR) is 109 cm³/mol. The number of likely N-dealkylation sites (tertiary alicyclic amines) is 1. The van der Waals surface area contributed by atoms with E-state index in [4.69, 9.17) is 14.2 Å². The standard InChI is InChI=1S/C23H28N2O4/c1-18-7-11-24-21(15-18)29-20-8-14-28-23(16-20)9-12-25(13-10-23)22(26)17-27-19-5-3-2-4-6-19/h2-7,11,15,20H,8-10,12-14,16-17H2,1H3. The van der Waals surface area contributed by atoms with E-state index >= 15 is 0 Å². The Labute approximate surface area is 171 Å². The number of carbonyl (C=O) groups excluding carboxylic acids is 1. The quantitative estimate of drug-likeness (QED) is 0.775. The number of rotatable bonds is 5. The van der Waals surface area contributed by atoms with Crippen LogP contribution in [0.15, 0.2) is 48.7 Å². The van der Waals surface area contributed by atoms with Crippen LogP contribution in [-0.4, -0.2) is 53.8 Å². The molecule has 2 saturated heterocycles. The van der Waals surface area contributed by atoms with Gasteiger partial charge in [-0.3, -0.25) is 4.79 Å². The number of pyridine rings is 1. The van der Waals surface area contributed by atoms with Gasteiger partial charge in [0.1, 0.15) is 11.9 Å². The molecule has 1 unspecified atom stereocenters. The van der Waals surface area contributed by atoms with Gasteiger partial charge in [-0.15, -0.1) is 0 Å². The molecule has 6 heteroatoms. The zero-order chi connectivity index (χ0) is 20.1. The van der Waals surface area contributed by atoms with E-state index in [1.165, 1.54) is 0 Å². The zero-order valence-electron chi connectivity index (χ0n) is 16.9. The highest BCUT2D eigenvalue weighted by molar-refractivity contribution is 5.77. The lowest BCUT2D eigenvalue weighted by atomic mass is 9.83. The molecule has 0 radical (unpaired) electrons. The number of carbonyl (C=O) groups is 1. The Kier molecular flexibility index (Phi) is 6.00. The largest absolute Gasteiger partial charge is 0.484 e. The number of nitrogens with zero attached hydrogens (tertiary/aromatic N) is 2. The van der Waals surface area contributed by atoms with E-state index < -0.39 is 0 Å². The van der Waals surface area contributed by atoms with E-state index in [0.29, 0.717) is 25.6 Å². The van der Waals surface area contributed by atoms with Crippen molar-refractivity contribution in [3.63, 3.8) is 0 Å². The molecule has 29 heavy (non-hydrogen) atoms. The van der Waals surface area contributed by atoms with Crippen LogP contribution in [0, 0.1) is 6.92 Å². The number of hydrogen-bond donors (Lipinski definition) is 0. The van der Waals surface area contributed by atoms with Gasteiger partial charge in [0.05, 0.1) is 12.2 Å². The number of para-hydroxylation sites is 1. The second-order valence-corrected chi connectivity index (χ2v) is 7.92. The molecule has 2 aromatic rings. The van der Waals surface area contributed by atoms with Gasteiger partial charge in [0, 0.05) is 38.2 Å². The van der Waals surface area contributed by atoms with Crippen molar-refractivity contribution in [1.82, 2.24) is 9.88 Å². The highest BCUT2D eigenvalue weighted by atomic mass is 16.5. The highest BCUT2D eigenvalue weighted by Gasteiger charge is 2.42. The van der Waals surface area contributed by atoms with Crippen molar-refractivity contribution < 1.29 is 19.0 Å². The first-order chi connectivity index (χ1) is 14.1. The van der Waals surface area contributed by atoms with Gasteiger partial charge in [-0.25, -0.2) is 4.98 Å². The first-order valence-electron chi connectivity index (χ1n) is 10.3. The Morgan fingerprint density at radius 3 is 2.79 bits per heavy atom. The molecule has 0 N–H and O–H groups in total. The number of aromatic nitrogens is 1. The third kappa shape index (κ3) is 5.07. The fourth-order valence-corrected chi connectivity index (χ4v) is 4.09. The fraction of sp³-hybridized carbons (Fsp3) is 0.478. The van der Waals surface area contributed by atoms with Gasteiger partial charge in [0.2, 0.25) is 5.88 Å². The van der Waals surface area contributed by atoms with Crippen molar-refractivity contribution in [2.24, 2.45) is 0 Å². The third-order valence-corrected chi connectivity index (χ3v) is 5.76. The van der Waals surface area contributed by atoms with E-state index in [1.54, 1.807) is 6.20 Å². The molecule has 4 rings (SSSR count). The molecule has 154 valence electrons. The molecule has 3 heterocycles. The molecule has 0 aliphatic carbocycles. The topological polar surface area (TPSA) is 60.9 Å². The SMILES string of the molecule is Cc1ccnc(OC2CCOC3(CCN(C(=O)COc4ccccc4)CC3)C2)c1. The second kappa shape index (κ2) is 8.82. The Balaban J connectivity index is 1.28. The van der Waals surface area contributed by atoms with Gasteiger partial charge in [-0.05, 0) is 43.5 Å². The van der Waals surface area contributed by atoms with Crippen LogP contribution >= 0.6 is 0 Å². The lowest BCUT2D eigenvalue weighted by molar-refractivity contribution is -0.153. The summed E-state index contributed by atoms with van der Waals surface area (Å²) in [5.74, 6) is 1.42. The Hall–Kier alpha value is -2.60. The maximum Gasteiger partial charge on any atom is 0.260 e. The minimum atomic E-state index is -0.205. The smallest absolute Gasteiger partial charge is 0.260 e. The molecule has 2 fully saturated rings. The summed E-state index contributed by atoms with van der Waals surface area (Å²) in [4.78, 5) is 18.7. The van der Waals surface area contributed by atoms with Crippen molar-refractivity contribution in [3.8, 4) is 11.6 Å². The third-order valence-electron chi connectivity index (χ3n) is 5.76. The number of benzene rings is 1. The van der Waals surface area contributed by atoms with Gasteiger partial charge in [0.15, 0.2) is 6.61 Å². The van der Waals surface area contributed by atoms with Gasteiger partial charge in [0.25, 0.3) is 5.91 Å². The summed E-state index contributed by atoms with van der Waals surface area (Å²) in [5.41, 5.74) is 0.936. The Morgan fingerprint density at radius 2 is 2.03 bits per heavy atom. The molecule has 1 atom stereocenters. The lowest BCUT2D eigenvalue weighted by Gasteiger charge is -2.45.